The fraction of sp³-hybridized carbons (Fsp3) is 0.316. The zero-order chi connectivity index (χ0) is 15.9. The van der Waals surface area contributed by atoms with E-state index in [2.05, 4.69) is 36.5 Å². The van der Waals surface area contributed by atoms with E-state index in [0.29, 0.717) is 12.8 Å². The van der Waals surface area contributed by atoms with Gasteiger partial charge in [-0.2, -0.15) is 0 Å². The molecule has 124 valence electrons. The van der Waals surface area contributed by atoms with Gasteiger partial charge in [0.05, 0.1) is 6.04 Å². The summed E-state index contributed by atoms with van der Waals surface area (Å²) in [6.45, 7) is 4.14. The van der Waals surface area contributed by atoms with Crippen molar-refractivity contribution in [1.29, 1.82) is 0 Å². The highest BCUT2D eigenvalue weighted by atomic mass is 35.5. The van der Waals surface area contributed by atoms with Crippen molar-refractivity contribution in [3.63, 3.8) is 0 Å². The molecule has 0 aliphatic rings. The molecule has 2 aromatic carbocycles. The Balaban J connectivity index is 0.00000264. The van der Waals surface area contributed by atoms with Crippen molar-refractivity contribution in [3.8, 4) is 0 Å². The van der Waals surface area contributed by atoms with Crippen LogP contribution in [0.3, 0.4) is 0 Å². The molecule has 0 saturated heterocycles. The summed E-state index contributed by atoms with van der Waals surface area (Å²) in [6.07, 6.45) is 2.14. The number of halogens is 1. The van der Waals surface area contributed by atoms with Gasteiger partial charge in [0.15, 0.2) is 0 Å². The van der Waals surface area contributed by atoms with Crippen molar-refractivity contribution in [2.75, 3.05) is 5.73 Å². The second kappa shape index (κ2) is 9.21. The van der Waals surface area contributed by atoms with Gasteiger partial charge in [0.2, 0.25) is 5.91 Å². The third-order valence-electron chi connectivity index (χ3n) is 3.94. The SMILES string of the molecule is CCc1ccc(C(C)NC(=O)CCc2ccccc2N)cc1.Cl. The molecule has 3 N–H and O–H groups in total. The van der Waals surface area contributed by atoms with Crippen LogP contribution in [0, 0.1) is 0 Å². The highest BCUT2D eigenvalue weighted by molar-refractivity contribution is 5.85. The minimum Gasteiger partial charge on any atom is -0.399 e. The summed E-state index contributed by atoms with van der Waals surface area (Å²) in [7, 11) is 0. The fourth-order valence-corrected chi connectivity index (χ4v) is 2.45. The smallest absolute Gasteiger partial charge is 0.220 e. The van der Waals surface area contributed by atoms with Gasteiger partial charge in [0.25, 0.3) is 0 Å². The molecule has 0 aliphatic carbocycles. The molecule has 0 aromatic heterocycles. The Morgan fingerprint density at radius 1 is 1.13 bits per heavy atom. The molecule has 2 aromatic rings. The molecule has 0 fully saturated rings. The highest BCUT2D eigenvalue weighted by Crippen LogP contribution is 2.15. The van der Waals surface area contributed by atoms with Crippen LogP contribution in [-0.4, -0.2) is 5.91 Å². The van der Waals surface area contributed by atoms with Crippen molar-refractivity contribution >= 4 is 24.0 Å². The quantitative estimate of drug-likeness (QED) is 0.784. The highest BCUT2D eigenvalue weighted by Gasteiger charge is 2.10. The molecule has 0 heterocycles. The van der Waals surface area contributed by atoms with E-state index >= 15 is 0 Å². The largest absolute Gasteiger partial charge is 0.399 e. The Kier molecular flexibility index (Phi) is 7.63. The molecular formula is C19H25ClN2O. The molecule has 23 heavy (non-hydrogen) atoms. The van der Waals surface area contributed by atoms with Crippen LogP contribution in [0.1, 0.15) is 43.0 Å². The second-order valence-electron chi connectivity index (χ2n) is 5.58. The van der Waals surface area contributed by atoms with Gasteiger partial charge in [-0.05, 0) is 42.5 Å². The molecule has 0 spiro atoms. The van der Waals surface area contributed by atoms with Crippen molar-refractivity contribution in [3.05, 3.63) is 65.2 Å². The molecular weight excluding hydrogens is 308 g/mol. The van der Waals surface area contributed by atoms with Crippen LogP contribution < -0.4 is 11.1 Å². The molecule has 0 aliphatic heterocycles. The van der Waals surface area contributed by atoms with Crippen molar-refractivity contribution < 1.29 is 4.79 Å². The van der Waals surface area contributed by atoms with Crippen molar-refractivity contribution in [1.82, 2.24) is 5.32 Å². The van der Waals surface area contributed by atoms with Crippen LogP contribution in [-0.2, 0) is 17.6 Å². The summed E-state index contributed by atoms with van der Waals surface area (Å²) in [5.74, 6) is 0.0512. The summed E-state index contributed by atoms with van der Waals surface area (Å²) in [5, 5.41) is 3.04. The predicted molar refractivity (Wildman–Crippen MR) is 98.8 cm³/mol. The first-order valence-electron chi connectivity index (χ1n) is 7.81. The first kappa shape index (κ1) is 19.0. The van der Waals surface area contributed by atoms with E-state index in [1.165, 1.54) is 5.56 Å². The maximum absolute atomic E-state index is 12.1. The van der Waals surface area contributed by atoms with Gasteiger partial charge < -0.3 is 11.1 Å². The number of para-hydroxylation sites is 1. The summed E-state index contributed by atoms with van der Waals surface area (Å²) >= 11 is 0. The van der Waals surface area contributed by atoms with Gasteiger partial charge in [-0.1, -0.05) is 49.4 Å². The first-order chi connectivity index (χ1) is 10.6. The lowest BCUT2D eigenvalue weighted by Crippen LogP contribution is -2.26. The van der Waals surface area contributed by atoms with Crippen molar-refractivity contribution in [2.45, 2.75) is 39.2 Å². The summed E-state index contributed by atoms with van der Waals surface area (Å²) in [6, 6.07) is 16.1. The number of carbonyl (C=O) groups is 1. The predicted octanol–water partition coefficient (Wildman–Crippen LogP) is 4.06. The summed E-state index contributed by atoms with van der Waals surface area (Å²) in [4.78, 5) is 12.1. The number of carbonyl (C=O) groups excluding carboxylic acids is 1. The molecule has 4 heteroatoms. The van der Waals surface area contributed by atoms with Gasteiger partial charge in [-0.15, -0.1) is 12.4 Å². The number of amides is 1. The molecule has 1 amide bonds. The van der Waals surface area contributed by atoms with E-state index in [4.69, 9.17) is 5.73 Å². The summed E-state index contributed by atoms with van der Waals surface area (Å²) in [5.41, 5.74) is 10.1. The second-order valence-corrected chi connectivity index (χ2v) is 5.58. The van der Waals surface area contributed by atoms with E-state index in [0.717, 1.165) is 23.2 Å². The van der Waals surface area contributed by atoms with Crippen LogP contribution >= 0.6 is 12.4 Å². The zero-order valence-corrected chi connectivity index (χ0v) is 14.5. The molecule has 2 rings (SSSR count). The van der Waals surface area contributed by atoms with Crippen LogP contribution in [0.15, 0.2) is 48.5 Å². The third-order valence-corrected chi connectivity index (χ3v) is 3.94. The van der Waals surface area contributed by atoms with Gasteiger partial charge in [0.1, 0.15) is 0 Å². The van der Waals surface area contributed by atoms with Crippen LogP contribution in [0.5, 0.6) is 0 Å². The van der Waals surface area contributed by atoms with E-state index in [1.54, 1.807) is 0 Å². The number of benzene rings is 2. The summed E-state index contributed by atoms with van der Waals surface area (Å²) < 4.78 is 0. The molecule has 0 saturated carbocycles. The first-order valence-corrected chi connectivity index (χ1v) is 7.81. The number of anilines is 1. The lowest BCUT2D eigenvalue weighted by atomic mass is 10.0. The molecule has 3 nitrogen and oxygen atoms in total. The van der Waals surface area contributed by atoms with E-state index < -0.39 is 0 Å². The number of nitrogens with one attached hydrogen (secondary N) is 1. The van der Waals surface area contributed by atoms with Gasteiger partial charge in [0, 0.05) is 12.1 Å². The monoisotopic (exact) mass is 332 g/mol. The Morgan fingerprint density at radius 2 is 1.78 bits per heavy atom. The standard InChI is InChI=1S/C19H24N2O.ClH/c1-3-15-8-10-16(11-9-15)14(2)21-19(22)13-12-17-6-4-5-7-18(17)20;/h4-11,14H,3,12-13,20H2,1-2H3,(H,21,22);1H. The van der Waals surface area contributed by atoms with E-state index in [-0.39, 0.29) is 24.4 Å². The van der Waals surface area contributed by atoms with Crippen LogP contribution in [0.2, 0.25) is 0 Å². The maximum atomic E-state index is 12.1. The third kappa shape index (κ3) is 5.61. The van der Waals surface area contributed by atoms with Crippen LogP contribution in [0.25, 0.3) is 0 Å². The minimum absolute atomic E-state index is 0. The molecule has 0 radical (unpaired) electrons. The minimum atomic E-state index is 0. The normalized spacial score (nSPS) is 11.4. The lowest BCUT2D eigenvalue weighted by Gasteiger charge is -2.15. The maximum Gasteiger partial charge on any atom is 0.220 e. The number of hydrogen-bond donors (Lipinski definition) is 2. The number of aryl methyl sites for hydroxylation is 2. The van der Waals surface area contributed by atoms with E-state index in [9.17, 15) is 4.79 Å². The number of nitrogen functional groups attached to an aromatic ring is 1. The Morgan fingerprint density at radius 3 is 2.39 bits per heavy atom. The zero-order valence-electron chi connectivity index (χ0n) is 13.7. The lowest BCUT2D eigenvalue weighted by molar-refractivity contribution is -0.121. The Hall–Kier alpha value is -2.00. The number of rotatable bonds is 6. The van der Waals surface area contributed by atoms with Gasteiger partial charge >= 0.3 is 0 Å². The Labute approximate surface area is 144 Å². The van der Waals surface area contributed by atoms with E-state index in [1.807, 2.05) is 31.2 Å². The van der Waals surface area contributed by atoms with Gasteiger partial charge in [-0.25, -0.2) is 0 Å². The van der Waals surface area contributed by atoms with Gasteiger partial charge in [-0.3, -0.25) is 4.79 Å². The average Bonchev–Trinajstić information content (AvgIpc) is 2.54. The van der Waals surface area contributed by atoms with Crippen molar-refractivity contribution in [2.24, 2.45) is 0 Å². The average molecular weight is 333 g/mol. The Bertz CT molecular complexity index is 626. The molecule has 1 unspecified atom stereocenters. The van der Waals surface area contributed by atoms with Crippen LogP contribution in [0.4, 0.5) is 5.69 Å². The fourth-order valence-electron chi connectivity index (χ4n) is 2.45. The number of nitrogens with two attached hydrogens (primary N) is 1. The number of hydrogen-bond acceptors (Lipinski definition) is 2. The molecule has 1 atom stereocenters. The topological polar surface area (TPSA) is 55.1 Å². The molecule has 0 bridgehead atoms.